The predicted octanol–water partition coefficient (Wildman–Crippen LogP) is 2.59. The van der Waals surface area contributed by atoms with Gasteiger partial charge in [-0.3, -0.25) is 0 Å². The molecule has 0 fully saturated rings. The summed E-state index contributed by atoms with van der Waals surface area (Å²) < 4.78 is 0. The third-order valence-electron chi connectivity index (χ3n) is 1.21. The van der Waals surface area contributed by atoms with Gasteiger partial charge in [0.15, 0.2) is 0 Å². The Morgan fingerprint density at radius 3 is 1.50 bits per heavy atom. The quantitative estimate of drug-likeness (QED) is 0.411. The fourth-order valence-electron chi connectivity index (χ4n) is 0.677. The highest BCUT2D eigenvalue weighted by Crippen LogP contribution is 1.96. The van der Waals surface area contributed by atoms with E-state index in [1.165, 1.54) is 12.8 Å². The van der Waals surface area contributed by atoms with Crippen LogP contribution in [0.5, 0.6) is 0 Å². The molecular weight excluding hydrogens is 120 g/mol. The Morgan fingerprint density at radius 1 is 0.800 bits per heavy atom. The molecule has 0 aliphatic heterocycles. The zero-order valence-corrected chi connectivity index (χ0v) is 6.83. The van der Waals surface area contributed by atoms with Gasteiger partial charge in [-0.25, -0.2) is 0 Å². The number of hydrogen-bond acceptors (Lipinski definition) is 0. The molecule has 0 heterocycles. The van der Waals surface area contributed by atoms with Gasteiger partial charge >= 0.3 is 0 Å². The molecule has 10 heavy (non-hydrogen) atoms. The molecule has 0 aromatic rings. The fraction of sp³-hybridized carbons (Fsp3) is 0.600. The first-order chi connectivity index (χ1) is 4.91. The van der Waals surface area contributed by atoms with E-state index in [1.54, 1.807) is 0 Å². The van der Waals surface area contributed by atoms with Gasteiger partial charge in [-0.05, 0) is 26.7 Å². The minimum Gasteiger partial charge on any atom is -0.107 e. The van der Waals surface area contributed by atoms with Gasteiger partial charge in [0.1, 0.15) is 0 Å². The second-order valence-corrected chi connectivity index (χ2v) is 2.06. The molecule has 0 heteroatoms. The highest BCUT2D eigenvalue weighted by molar-refractivity contribution is 4.96. The van der Waals surface area contributed by atoms with E-state index in [-0.39, 0.29) is 0 Å². The van der Waals surface area contributed by atoms with Gasteiger partial charge in [-0.15, -0.1) is 23.7 Å². The molecule has 0 saturated carbocycles. The average Bonchev–Trinajstić information content (AvgIpc) is 1.97. The van der Waals surface area contributed by atoms with Crippen LogP contribution in [0, 0.1) is 23.7 Å². The van der Waals surface area contributed by atoms with Crippen LogP contribution in [0.15, 0.2) is 0 Å². The van der Waals surface area contributed by atoms with E-state index in [0.717, 1.165) is 12.8 Å². The van der Waals surface area contributed by atoms with Crippen molar-refractivity contribution in [3.63, 3.8) is 0 Å². The molecule has 0 saturated heterocycles. The lowest BCUT2D eigenvalue weighted by atomic mass is 10.2. The van der Waals surface area contributed by atoms with Crippen molar-refractivity contribution in [1.82, 2.24) is 0 Å². The maximum Gasteiger partial charge on any atom is 0.00889 e. The average molecular weight is 134 g/mol. The van der Waals surface area contributed by atoms with E-state index in [1.807, 2.05) is 13.8 Å². The van der Waals surface area contributed by atoms with E-state index < -0.39 is 0 Å². The SMILES string of the molecule is CC#CCCCCC#CC. The first-order valence-corrected chi connectivity index (χ1v) is 3.71. The van der Waals surface area contributed by atoms with Crippen LogP contribution in [-0.2, 0) is 0 Å². The highest BCUT2D eigenvalue weighted by Gasteiger charge is 1.80. The minimum atomic E-state index is 1.03. The van der Waals surface area contributed by atoms with E-state index in [9.17, 15) is 0 Å². The van der Waals surface area contributed by atoms with Gasteiger partial charge in [0.2, 0.25) is 0 Å². The topological polar surface area (TPSA) is 0 Å². The molecule has 0 aliphatic rings. The summed E-state index contributed by atoms with van der Waals surface area (Å²) in [7, 11) is 0. The largest absolute Gasteiger partial charge is 0.107 e. The van der Waals surface area contributed by atoms with Crippen LogP contribution in [-0.4, -0.2) is 0 Å². The normalized spacial score (nSPS) is 7.00. The molecule has 0 unspecified atom stereocenters. The van der Waals surface area contributed by atoms with Gasteiger partial charge in [-0.2, -0.15) is 0 Å². The molecule has 0 spiro atoms. The third kappa shape index (κ3) is 7.12. The number of rotatable bonds is 3. The number of hydrogen-bond donors (Lipinski definition) is 0. The minimum absolute atomic E-state index is 1.03. The van der Waals surface area contributed by atoms with Crippen molar-refractivity contribution >= 4 is 0 Å². The molecule has 0 N–H and O–H groups in total. The molecule has 0 radical (unpaired) electrons. The molecular formula is C10H14. The maximum atomic E-state index is 3.03. The van der Waals surface area contributed by atoms with Crippen LogP contribution in [0.1, 0.15) is 39.5 Å². The van der Waals surface area contributed by atoms with Crippen LogP contribution in [0.4, 0.5) is 0 Å². The van der Waals surface area contributed by atoms with Gasteiger partial charge in [0.25, 0.3) is 0 Å². The van der Waals surface area contributed by atoms with Crippen LogP contribution >= 0.6 is 0 Å². The smallest absolute Gasteiger partial charge is 0.00889 e. The van der Waals surface area contributed by atoms with Crippen molar-refractivity contribution in [2.75, 3.05) is 0 Å². The van der Waals surface area contributed by atoms with Gasteiger partial charge in [-0.1, -0.05) is 0 Å². The summed E-state index contributed by atoms with van der Waals surface area (Å²) in [6, 6.07) is 0. The predicted molar refractivity (Wildman–Crippen MR) is 45.4 cm³/mol. The van der Waals surface area contributed by atoms with E-state index in [0.29, 0.717) is 0 Å². The molecule has 0 nitrogen and oxygen atoms in total. The zero-order valence-electron chi connectivity index (χ0n) is 6.83. The monoisotopic (exact) mass is 134 g/mol. The zero-order chi connectivity index (χ0) is 7.66. The summed E-state index contributed by atoms with van der Waals surface area (Å²) >= 11 is 0. The van der Waals surface area contributed by atoms with Crippen molar-refractivity contribution in [2.24, 2.45) is 0 Å². The second-order valence-electron chi connectivity index (χ2n) is 2.06. The van der Waals surface area contributed by atoms with Crippen LogP contribution in [0.2, 0.25) is 0 Å². The van der Waals surface area contributed by atoms with E-state index in [4.69, 9.17) is 0 Å². The lowest BCUT2D eigenvalue weighted by Gasteiger charge is -1.87. The Hall–Kier alpha value is -0.880. The standard InChI is InChI=1S/C10H14/c1-3-5-7-9-10-8-6-4-2/h7-10H2,1-2H3. The van der Waals surface area contributed by atoms with Crippen molar-refractivity contribution in [3.05, 3.63) is 0 Å². The Morgan fingerprint density at radius 2 is 1.20 bits per heavy atom. The van der Waals surface area contributed by atoms with Gasteiger partial charge < -0.3 is 0 Å². The lowest BCUT2D eigenvalue weighted by molar-refractivity contribution is 0.782. The summed E-state index contributed by atoms with van der Waals surface area (Å²) in [4.78, 5) is 0. The van der Waals surface area contributed by atoms with E-state index in [2.05, 4.69) is 23.7 Å². The summed E-state index contributed by atoms with van der Waals surface area (Å²) in [6.45, 7) is 3.76. The molecule has 0 amide bonds. The first kappa shape index (κ1) is 9.12. The van der Waals surface area contributed by atoms with Crippen molar-refractivity contribution in [1.29, 1.82) is 0 Å². The fourth-order valence-corrected chi connectivity index (χ4v) is 0.677. The Kier molecular flexibility index (Phi) is 7.41. The molecule has 54 valence electrons. The Labute approximate surface area is 64.0 Å². The van der Waals surface area contributed by atoms with E-state index >= 15 is 0 Å². The summed E-state index contributed by atoms with van der Waals surface area (Å²) in [6.07, 6.45) is 4.44. The van der Waals surface area contributed by atoms with Gasteiger partial charge in [0, 0.05) is 12.8 Å². The third-order valence-corrected chi connectivity index (χ3v) is 1.21. The molecule has 0 rings (SSSR count). The lowest BCUT2D eigenvalue weighted by Crippen LogP contribution is -1.71. The second kappa shape index (κ2) is 8.12. The summed E-state index contributed by atoms with van der Waals surface area (Å²) in [5.74, 6) is 11.8. The maximum absolute atomic E-state index is 3.03. The first-order valence-electron chi connectivity index (χ1n) is 3.71. The molecule has 0 bridgehead atoms. The van der Waals surface area contributed by atoms with Crippen molar-refractivity contribution < 1.29 is 0 Å². The van der Waals surface area contributed by atoms with Crippen LogP contribution < -0.4 is 0 Å². The summed E-state index contributed by atoms with van der Waals surface area (Å²) in [5, 5.41) is 0. The van der Waals surface area contributed by atoms with Crippen LogP contribution in [0.25, 0.3) is 0 Å². The van der Waals surface area contributed by atoms with Crippen LogP contribution in [0.3, 0.4) is 0 Å². The highest BCUT2D eigenvalue weighted by atomic mass is 13.8. The number of unbranched alkanes of at least 4 members (excludes halogenated alkanes) is 3. The molecule has 0 aromatic carbocycles. The Bertz CT molecular complexity index is 146. The summed E-state index contributed by atoms with van der Waals surface area (Å²) in [5.41, 5.74) is 0. The molecule has 0 aromatic heterocycles. The Balaban J connectivity index is 3.00. The van der Waals surface area contributed by atoms with Crippen molar-refractivity contribution in [2.45, 2.75) is 39.5 Å². The molecule has 0 aliphatic carbocycles. The van der Waals surface area contributed by atoms with Crippen molar-refractivity contribution in [3.8, 4) is 23.7 Å². The molecule has 0 atom stereocenters. The van der Waals surface area contributed by atoms with Gasteiger partial charge in [0.05, 0.1) is 0 Å².